The molecule has 192 valence electrons. The first-order valence-electron chi connectivity index (χ1n) is 12.1. The number of para-hydroxylation sites is 1. The largest absolute Gasteiger partial charge is 0.490 e. The Morgan fingerprint density at radius 3 is 2.32 bits per heavy atom. The molecule has 1 saturated heterocycles. The zero-order chi connectivity index (χ0) is 25.9. The van der Waals surface area contributed by atoms with Crippen molar-refractivity contribution in [2.75, 3.05) is 31.7 Å². The minimum Gasteiger partial charge on any atom is -0.490 e. The summed E-state index contributed by atoms with van der Waals surface area (Å²) in [6.07, 6.45) is 2.04. The number of thiocarbonyl (C=S) groups is 1. The lowest BCUT2D eigenvalue weighted by atomic mass is 10.1. The Kier molecular flexibility index (Phi) is 9.45. The highest BCUT2D eigenvalue weighted by Gasteiger charge is 2.17. The average Bonchev–Trinajstić information content (AvgIpc) is 3.44. The van der Waals surface area contributed by atoms with E-state index in [1.54, 1.807) is 48.5 Å². The third-order valence-corrected chi connectivity index (χ3v) is 5.79. The average molecular weight is 520 g/mol. The van der Waals surface area contributed by atoms with Crippen molar-refractivity contribution < 1.29 is 23.8 Å². The van der Waals surface area contributed by atoms with Crippen LogP contribution in [0.1, 0.15) is 33.6 Å². The van der Waals surface area contributed by atoms with E-state index < -0.39 is 0 Å². The fraction of sp³-hybridized carbons (Fsp3) is 0.250. The summed E-state index contributed by atoms with van der Waals surface area (Å²) in [5.41, 5.74) is 1.47. The lowest BCUT2D eigenvalue weighted by Gasteiger charge is -2.13. The van der Waals surface area contributed by atoms with Gasteiger partial charge in [-0.2, -0.15) is 0 Å². The van der Waals surface area contributed by atoms with Crippen molar-refractivity contribution in [2.24, 2.45) is 0 Å². The first kappa shape index (κ1) is 26.1. The van der Waals surface area contributed by atoms with Crippen LogP contribution in [-0.2, 0) is 4.74 Å². The number of hydrogen-bond donors (Lipinski definition) is 3. The van der Waals surface area contributed by atoms with Crippen LogP contribution in [0, 0.1) is 0 Å². The minimum absolute atomic E-state index is 0.0690. The molecule has 0 radical (unpaired) electrons. The van der Waals surface area contributed by atoms with Crippen LogP contribution in [0.4, 0.5) is 5.69 Å². The normalized spacial score (nSPS) is 14.4. The van der Waals surface area contributed by atoms with E-state index in [-0.39, 0.29) is 23.0 Å². The van der Waals surface area contributed by atoms with Crippen LogP contribution in [0.2, 0.25) is 0 Å². The van der Waals surface area contributed by atoms with Gasteiger partial charge in [-0.3, -0.25) is 14.9 Å². The Balaban J connectivity index is 1.24. The van der Waals surface area contributed by atoms with Crippen molar-refractivity contribution in [1.29, 1.82) is 0 Å². The van der Waals surface area contributed by atoms with E-state index in [4.69, 9.17) is 26.4 Å². The van der Waals surface area contributed by atoms with Gasteiger partial charge >= 0.3 is 0 Å². The van der Waals surface area contributed by atoms with Gasteiger partial charge in [0, 0.05) is 30.0 Å². The Labute approximate surface area is 221 Å². The zero-order valence-electron chi connectivity index (χ0n) is 20.3. The molecule has 0 aromatic heterocycles. The van der Waals surface area contributed by atoms with Crippen molar-refractivity contribution >= 4 is 34.8 Å². The van der Waals surface area contributed by atoms with Crippen molar-refractivity contribution in [3.8, 4) is 11.5 Å². The van der Waals surface area contributed by atoms with Gasteiger partial charge in [-0.15, -0.1) is 0 Å². The fourth-order valence-electron chi connectivity index (χ4n) is 3.75. The molecule has 1 aliphatic rings. The maximum Gasteiger partial charge on any atom is 0.257 e. The van der Waals surface area contributed by atoms with Crippen molar-refractivity contribution in [1.82, 2.24) is 10.6 Å². The Morgan fingerprint density at radius 1 is 0.865 bits per heavy atom. The van der Waals surface area contributed by atoms with Crippen LogP contribution in [0.15, 0.2) is 78.9 Å². The molecule has 3 aromatic carbocycles. The summed E-state index contributed by atoms with van der Waals surface area (Å²) in [6, 6.07) is 23.2. The summed E-state index contributed by atoms with van der Waals surface area (Å²) >= 11 is 5.30. The molecule has 0 aliphatic carbocycles. The molecule has 2 amide bonds. The van der Waals surface area contributed by atoms with E-state index in [9.17, 15) is 9.59 Å². The van der Waals surface area contributed by atoms with Gasteiger partial charge in [0.15, 0.2) is 5.11 Å². The monoisotopic (exact) mass is 519 g/mol. The summed E-state index contributed by atoms with van der Waals surface area (Å²) in [4.78, 5) is 25.2. The Morgan fingerprint density at radius 2 is 1.57 bits per heavy atom. The highest BCUT2D eigenvalue weighted by molar-refractivity contribution is 7.80. The summed E-state index contributed by atoms with van der Waals surface area (Å²) in [7, 11) is 0. The molecule has 3 aromatic rings. The molecule has 3 N–H and O–H groups in total. The van der Waals surface area contributed by atoms with Gasteiger partial charge in [0.1, 0.15) is 24.7 Å². The molecule has 1 heterocycles. The highest BCUT2D eigenvalue weighted by atomic mass is 32.1. The molecule has 1 fully saturated rings. The molecule has 8 nitrogen and oxygen atoms in total. The first-order valence-corrected chi connectivity index (χ1v) is 12.5. The second-order valence-corrected chi connectivity index (χ2v) is 8.78. The van der Waals surface area contributed by atoms with Crippen LogP contribution in [0.5, 0.6) is 11.5 Å². The number of benzene rings is 3. The predicted molar refractivity (Wildman–Crippen MR) is 145 cm³/mol. The third kappa shape index (κ3) is 8.30. The van der Waals surface area contributed by atoms with E-state index in [1.807, 2.05) is 30.3 Å². The second kappa shape index (κ2) is 13.4. The number of carbonyl (C=O) groups is 2. The second-order valence-electron chi connectivity index (χ2n) is 8.37. The summed E-state index contributed by atoms with van der Waals surface area (Å²) < 4.78 is 16.9. The zero-order valence-corrected chi connectivity index (χ0v) is 21.1. The van der Waals surface area contributed by atoms with Crippen molar-refractivity contribution in [2.45, 2.75) is 18.9 Å². The van der Waals surface area contributed by atoms with Crippen molar-refractivity contribution in [3.05, 3.63) is 90.0 Å². The molecule has 0 bridgehead atoms. The topological polar surface area (TPSA) is 97.9 Å². The molecule has 1 unspecified atom stereocenters. The lowest BCUT2D eigenvalue weighted by Crippen LogP contribution is -2.34. The number of rotatable bonds is 10. The van der Waals surface area contributed by atoms with Crippen LogP contribution in [0.3, 0.4) is 0 Å². The molecule has 4 rings (SSSR count). The number of amides is 2. The van der Waals surface area contributed by atoms with Gasteiger partial charge < -0.3 is 24.8 Å². The molecule has 9 heteroatoms. The van der Waals surface area contributed by atoms with Gasteiger partial charge in [-0.25, -0.2) is 0 Å². The summed E-state index contributed by atoms with van der Waals surface area (Å²) in [5, 5.41) is 8.62. The van der Waals surface area contributed by atoms with E-state index in [0.717, 1.165) is 25.2 Å². The van der Waals surface area contributed by atoms with Gasteiger partial charge in [-0.1, -0.05) is 30.3 Å². The minimum atomic E-state index is -0.381. The SMILES string of the molecule is O=C(NCC1CCCO1)c1cccc(NC(=S)NC(=O)c2cccc(OCCOc3ccccc3)c2)c1. The van der Waals surface area contributed by atoms with E-state index in [2.05, 4.69) is 16.0 Å². The molecule has 0 spiro atoms. The molecule has 0 saturated carbocycles. The van der Waals surface area contributed by atoms with Crippen LogP contribution >= 0.6 is 12.2 Å². The number of anilines is 1. The summed E-state index contributed by atoms with van der Waals surface area (Å²) in [6.45, 7) is 1.93. The predicted octanol–water partition coefficient (Wildman–Crippen LogP) is 4.18. The first-order chi connectivity index (χ1) is 18.1. The number of nitrogens with one attached hydrogen (secondary N) is 3. The van der Waals surface area contributed by atoms with E-state index in [1.165, 1.54) is 0 Å². The van der Waals surface area contributed by atoms with Gasteiger partial charge in [0.05, 0.1) is 6.10 Å². The highest BCUT2D eigenvalue weighted by Crippen LogP contribution is 2.15. The van der Waals surface area contributed by atoms with Crippen molar-refractivity contribution in [3.63, 3.8) is 0 Å². The van der Waals surface area contributed by atoms with Gasteiger partial charge in [0.25, 0.3) is 11.8 Å². The molecular formula is C28H29N3O5S. The maximum atomic E-state index is 12.7. The molecule has 37 heavy (non-hydrogen) atoms. The third-order valence-electron chi connectivity index (χ3n) is 5.58. The standard InChI is InChI=1S/C28H29N3O5S/c32-26(29-19-25-13-6-14-34-25)20-7-4-9-22(17-20)30-28(37)31-27(33)21-8-5-12-24(18-21)36-16-15-35-23-10-2-1-3-11-23/h1-5,7-12,17-18,25H,6,13-16,19H2,(H,29,32)(H2,30,31,33,37). The van der Waals surface area contributed by atoms with Gasteiger partial charge in [0.2, 0.25) is 0 Å². The van der Waals surface area contributed by atoms with E-state index in [0.29, 0.717) is 42.3 Å². The van der Waals surface area contributed by atoms with Crippen LogP contribution < -0.4 is 25.4 Å². The molecular weight excluding hydrogens is 490 g/mol. The number of hydrogen-bond acceptors (Lipinski definition) is 6. The lowest BCUT2D eigenvalue weighted by molar-refractivity contribution is 0.0857. The number of ether oxygens (including phenoxy) is 3. The van der Waals surface area contributed by atoms with E-state index >= 15 is 0 Å². The summed E-state index contributed by atoms with van der Waals surface area (Å²) in [5.74, 6) is 0.740. The smallest absolute Gasteiger partial charge is 0.257 e. The maximum absolute atomic E-state index is 12.7. The number of carbonyl (C=O) groups excluding carboxylic acids is 2. The molecule has 1 aliphatic heterocycles. The molecule has 1 atom stereocenters. The van der Waals surface area contributed by atoms with Gasteiger partial charge in [-0.05, 0) is 73.6 Å². The van der Waals surface area contributed by atoms with Crippen LogP contribution in [0.25, 0.3) is 0 Å². The quantitative estimate of drug-likeness (QED) is 0.273. The Bertz CT molecular complexity index is 1220. The Hall–Kier alpha value is -3.95. The fourth-order valence-corrected chi connectivity index (χ4v) is 3.96. The van der Waals surface area contributed by atoms with Crippen LogP contribution in [-0.4, -0.2) is 49.4 Å².